The Balaban J connectivity index is 1.17. The Morgan fingerprint density at radius 2 is 0.779 bits per heavy atom. The molecule has 6 aromatic carbocycles. The fourth-order valence-corrected chi connectivity index (χ4v) is 18.0. The van der Waals surface area contributed by atoms with Crippen molar-refractivity contribution in [2.45, 2.75) is 77.7 Å². The fourth-order valence-electron chi connectivity index (χ4n) is 8.86. The van der Waals surface area contributed by atoms with Gasteiger partial charge in [0.25, 0.3) is 28.0 Å². The van der Waals surface area contributed by atoms with E-state index < -0.39 is 44.8 Å². The minimum atomic E-state index is -2.87. The van der Waals surface area contributed by atoms with Gasteiger partial charge in [-0.2, -0.15) is 0 Å². The van der Waals surface area contributed by atoms with Crippen LogP contribution in [0.15, 0.2) is 158 Å². The van der Waals surface area contributed by atoms with Crippen LogP contribution in [0.5, 0.6) is 11.5 Å². The molecule has 0 aliphatic heterocycles. The lowest BCUT2D eigenvalue weighted by Gasteiger charge is -2.43. The number of rotatable bonds is 20. The Hall–Kier alpha value is -6.34. The number of benzene rings is 6. The lowest BCUT2D eigenvalue weighted by Crippen LogP contribution is -2.66. The molecule has 0 spiro atoms. The van der Waals surface area contributed by atoms with Gasteiger partial charge in [-0.3, -0.25) is 20.2 Å². The molecule has 0 radical (unpaired) electrons. The normalized spacial score (nSPS) is 13.1. The summed E-state index contributed by atoms with van der Waals surface area (Å²) < 4.78 is 37.9. The van der Waals surface area contributed by atoms with Crippen molar-refractivity contribution in [3.63, 3.8) is 0 Å². The maximum absolute atomic E-state index is 13.6. The molecule has 13 nitrogen and oxygen atoms in total. The second-order valence-corrected chi connectivity index (χ2v) is 27.1. The third-order valence-corrected chi connectivity index (χ3v) is 22.1. The first-order valence-electron chi connectivity index (χ1n) is 22.6. The van der Waals surface area contributed by atoms with Gasteiger partial charge in [-0.25, -0.2) is 4.79 Å². The predicted molar refractivity (Wildman–Crippen MR) is 269 cm³/mol. The SMILES string of the molecule is CC(OCCO[Si](c1ccccc1)(c1ccccc1)C(C)(C)C)c1cc([N+](=O)[O-])ccc1OC(=O)Oc1ccc([N+](=O)[O-])cc1C(C)OCCO[Si](c1ccccc1)(c1ccccc1)C(C)(C)C. The Morgan fingerprint density at radius 1 is 0.485 bits per heavy atom. The zero-order valence-corrected chi connectivity index (χ0v) is 41.9. The summed E-state index contributed by atoms with van der Waals surface area (Å²) in [5.41, 5.74) is -0.0178. The molecule has 0 aromatic heterocycles. The zero-order valence-electron chi connectivity index (χ0n) is 39.9. The lowest BCUT2D eigenvalue weighted by atomic mass is 10.1. The number of nitro benzene ring substituents is 2. The molecule has 15 heteroatoms. The summed E-state index contributed by atoms with van der Waals surface area (Å²) in [6.45, 7) is 17.1. The smallest absolute Gasteiger partial charge is 0.405 e. The van der Waals surface area contributed by atoms with E-state index in [9.17, 15) is 25.0 Å². The summed E-state index contributed by atoms with van der Waals surface area (Å²) >= 11 is 0. The van der Waals surface area contributed by atoms with Crippen molar-refractivity contribution in [1.29, 1.82) is 0 Å². The van der Waals surface area contributed by atoms with Crippen LogP contribution >= 0.6 is 0 Å². The number of hydrogen-bond acceptors (Lipinski definition) is 11. The first-order chi connectivity index (χ1) is 32.4. The van der Waals surface area contributed by atoms with Crippen molar-refractivity contribution in [1.82, 2.24) is 0 Å². The highest BCUT2D eigenvalue weighted by atomic mass is 28.4. The number of hydrogen-bond donors (Lipinski definition) is 0. The van der Waals surface area contributed by atoms with Crippen LogP contribution in [0.1, 0.15) is 78.7 Å². The molecule has 0 amide bonds. The van der Waals surface area contributed by atoms with E-state index in [1.54, 1.807) is 13.8 Å². The topological polar surface area (TPSA) is 159 Å². The molecular formula is C53H60N2O11Si2. The standard InChI is InChI=1S/C53H60N2O11Si2/c1-39(61-33-35-63-67(52(3,4)5,43-21-13-9-14-22-43)44-23-15-10-16-24-44)47-37-41(54(57)58)29-31-49(47)65-51(56)66-50-32-30-42(55(59)60)38-48(50)40(2)62-34-36-64-68(53(6,7)8,45-25-17-11-18-26-45)46-27-19-12-20-28-46/h9-32,37-40H,33-36H2,1-8H3. The number of carbonyl (C=O) groups is 1. The third kappa shape index (κ3) is 11.5. The van der Waals surface area contributed by atoms with Gasteiger partial charge in [-0.1, -0.05) is 163 Å². The first-order valence-corrected chi connectivity index (χ1v) is 26.4. The summed E-state index contributed by atoms with van der Waals surface area (Å²) in [7, 11) is -5.75. The van der Waals surface area contributed by atoms with E-state index in [1.807, 2.05) is 72.8 Å². The molecule has 0 N–H and O–H groups in total. The Kier molecular flexibility index (Phi) is 16.7. The van der Waals surface area contributed by atoms with Gasteiger partial charge in [0.1, 0.15) is 11.5 Å². The van der Waals surface area contributed by atoms with E-state index in [2.05, 4.69) is 90.1 Å². The molecule has 2 unspecified atom stereocenters. The molecule has 68 heavy (non-hydrogen) atoms. The molecule has 0 bridgehead atoms. The van der Waals surface area contributed by atoms with E-state index in [1.165, 1.54) is 36.4 Å². The summed E-state index contributed by atoms with van der Waals surface area (Å²) in [4.78, 5) is 36.4. The fraction of sp³-hybridized carbons (Fsp3) is 0.302. The van der Waals surface area contributed by atoms with Gasteiger partial charge in [0.05, 0.1) is 48.5 Å². The summed E-state index contributed by atoms with van der Waals surface area (Å²) in [6.07, 6.45) is -2.77. The Labute approximate surface area is 400 Å². The van der Waals surface area contributed by atoms with E-state index in [-0.39, 0.29) is 70.5 Å². The molecule has 0 saturated heterocycles. The Morgan fingerprint density at radius 3 is 1.04 bits per heavy atom. The number of non-ortho nitro benzene ring substituents is 2. The van der Waals surface area contributed by atoms with Crippen LogP contribution in [-0.2, 0) is 18.3 Å². The van der Waals surface area contributed by atoms with Crippen molar-refractivity contribution in [3.8, 4) is 11.5 Å². The van der Waals surface area contributed by atoms with E-state index in [0.29, 0.717) is 0 Å². The number of ether oxygens (including phenoxy) is 4. The molecular weight excluding hydrogens is 897 g/mol. The maximum Gasteiger partial charge on any atom is 0.519 e. The predicted octanol–water partition coefficient (Wildman–Crippen LogP) is 10.4. The van der Waals surface area contributed by atoms with Gasteiger partial charge in [0.2, 0.25) is 0 Å². The molecule has 0 heterocycles. The minimum Gasteiger partial charge on any atom is -0.405 e. The summed E-state index contributed by atoms with van der Waals surface area (Å²) in [5.74, 6) is -0.0662. The van der Waals surface area contributed by atoms with Crippen molar-refractivity contribution >= 4 is 54.9 Å². The van der Waals surface area contributed by atoms with E-state index in [4.69, 9.17) is 27.8 Å². The van der Waals surface area contributed by atoms with Crippen LogP contribution in [0.2, 0.25) is 10.1 Å². The summed E-state index contributed by atoms with van der Waals surface area (Å²) in [5, 5.41) is 27.8. The van der Waals surface area contributed by atoms with Crippen LogP contribution in [0, 0.1) is 20.2 Å². The molecule has 6 rings (SSSR count). The van der Waals surface area contributed by atoms with Crippen molar-refractivity contribution < 1.29 is 42.4 Å². The monoisotopic (exact) mass is 956 g/mol. The highest BCUT2D eigenvalue weighted by Crippen LogP contribution is 2.39. The van der Waals surface area contributed by atoms with Crippen LogP contribution in [0.4, 0.5) is 16.2 Å². The van der Waals surface area contributed by atoms with Gasteiger partial charge in [-0.15, -0.1) is 0 Å². The zero-order chi connectivity index (χ0) is 49.1. The van der Waals surface area contributed by atoms with Crippen LogP contribution in [0.25, 0.3) is 0 Å². The second kappa shape index (κ2) is 22.2. The maximum atomic E-state index is 13.6. The molecule has 0 aliphatic rings. The lowest BCUT2D eigenvalue weighted by molar-refractivity contribution is -0.385. The number of nitrogens with zero attached hydrogens (tertiary/aromatic N) is 2. The number of nitro groups is 2. The van der Waals surface area contributed by atoms with Crippen LogP contribution in [0.3, 0.4) is 0 Å². The molecule has 356 valence electrons. The van der Waals surface area contributed by atoms with Crippen LogP contribution in [-0.4, -0.2) is 59.1 Å². The summed E-state index contributed by atoms with van der Waals surface area (Å²) in [6, 6.07) is 48.4. The number of carbonyl (C=O) groups excluding carboxylic acids is 1. The average molecular weight is 957 g/mol. The van der Waals surface area contributed by atoms with E-state index >= 15 is 0 Å². The van der Waals surface area contributed by atoms with Crippen molar-refractivity contribution in [2.24, 2.45) is 0 Å². The van der Waals surface area contributed by atoms with Gasteiger partial charge in [-0.05, 0) is 56.8 Å². The van der Waals surface area contributed by atoms with Crippen molar-refractivity contribution in [2.75, 3.05) is 26.4 Å². The minimum absolute atomic E-state index is 0.0331. The largest absolute Gasteiger partial charge is 0.519 e. The molecule has 6 aromatic rings. The average Bonchev–Trinajstić information content (AvgIpc) is 3.32. The molecule has 0 fully saturated rings. The van der Waals surface area contributed by atoms with Gasteiger partial charge in [0.15, 0.2) is 0 Å². The van der Waals surface area contributed by atoms with Crippen LogP contribution < -0.4 is 30.2 Å². The molecule has 2 atom stereocenters. The Bertz CT molecular complexity index is 2370. The van der Waals surface area contributed by atoms with Gasteiger partial charge in [0, 0.05) is 35.4 Å². The van der Waals surface area contributed by atoms with Gasteiger partial charge >= 0.3 is 6.16 Å². The van der Waals surface area contributed by atoms with E-state index in [0.717, 1.165) is 20.7 Å². The third-order valence-electron chi connectivity index (χ3n) is 12.0. The molecule has 0 aliphatic carbocycles. The first kappa shape index (κ1) is 51.1. The van der Waals surface area contributed by atoms with Gasteiger partial charge < -0.3 is 27.8 Å². The molecule has 0 saturated carbocycles. The second-order valence-electron chi connectivity index (χ2n) is 18.5. The quantitative estimate of drug-likeness (QED) is 0.0179. The highest BCUT2D eigenvalue weighted by Gasteiger charge is 2.51. The highest BCUT2D eigenvalue weighted by molar-refractivity contribution is 7.00. The van der Waals surface area contributed by atoms with Crippen molar-refractivity contribution in [3.05, 3.63) is 189 Å².